The van der Waals surface area contributed by atoms with Crippen LogP contribution < -0.4 is 0 Å². The second-order valence-electron chi connectivity index (χ2n) is 2.93. The second-order valence-corrected chi connectivity index (χ2v) is 4.64. The molecule has 0 radical (unpaired) electrons. The van der Waals surface area contributed by atoms with Gasteiger partial charge in [-0.15, -0.1) is 0 Å². The lowest BCUT2D eigenvalue weighted by Gasteiger charge is -2.03. The lowest BCUT2D eigenvalue weighted by molar-refractivity contribution is 0.397. The first-order valence-electron chi connectivity index (χ1n) is 4.09. The molecule has 1 aliphatic rings. The maximum Gasteiger partial charge on any atom is 0.296 e. The first-order chi connectivity index (χ1) is 6.63. The van der Waals surface area contributed by atoms with Crippen LogP contribution in [0.4, 0.5) is 5.69 Å². The third-order valence-electron chi connectivity index (χ3n) is 2.10. The lowest BCUT2D eigenvalue weighted by atomic mass is 10.2. The van der Waals surface area contributed by atoms with Crippen LogP contribution in [-0.2, 0) is 20.7 Å². The molecule has 0 amide bonds. The standard InChI is InChI=1S/C9H9NO3S/c1-13-14(11,12)8-2-3-9-7(6-8)4-5-10-9/h2-3,5-6H,4H2,1H3. The summed E-state index contributed by atoms with van der Waals surface area (Å²) in [5.74, 6) is 0. The summed E-state index contributed by atoms with van der Waals surface area (Å²) < 4.78 is 27.1. The quantitative estimate of drug-likeness (QED) is 0.692. The molecular weight excluding hydrogens is 202 g/mol. The first-order valence-corrected chi connectivity index (χ1v) is 5.50. The zero-order valence-corrected chi connectivity index (χ0v) is 8.41. The molecule has 1 heterocycles. The van der Waals surface area contributed by atoms with Crippen molar-refractivity contribution in [3.8, 4) is 0 Å². The van der Waals surface area contributed by atoms with Gasteiger partial charge in [0.2, 0.25) is 0 Å². The van der Waals surface area contributed by atoms with E-state index in [2.05, 4.69) is 9.18 Å². The van der Waals surface area contributed by atoms with E-state index in [0.29, 0.717) is 6.42 Å². The molecule has 14 heavy (non-hydrogen) atoms. The minimum absolute atomic E-state index is 0.184. The van der Waals surface area contributed by atoms with Crippen molar-refractivity contribution < 1.29 is 12.6 Å². The molecule has 0 aromatic heterocycles. The second kappa shape index (κ2) is 3.18. The first kappa shape index (κ1) is 9.36. The summed E-state index contributed by atoms with van der Waals surface area (Å²) in [5, 5.41) is 0. The van der Waals surface area contributed by atoms with Gasteiger partial charge in [0.25, 0.3) is 10.1 Å². The number of benzene rings is 1. The Morgan fingerprint density at radius 3 is 2.93 bits per heavy atom. The van der Waals surface area contributed by atoms with Gasteiger partial charge in [-0.2, -0.15) is 8.42 Å². The van der Waals surface area contributed by atoms with Gasteiger partial charge in [-0.1, -0.05) is 0 Å². The Morgan fingerprint density at radius 1 is 1.43 bits per heavy atom. The zero-order chi connectivity index (χ0) is 10.2. The van der Waals surface area contributed by atoms with Crippen LogP contribution in [0.1, 0.15) is 5.56 Å². The van der Waals surface area contributed by atoms with E-state index in [-0.39, 0.29) is 4.90 Å². The van der Waals surface area contributed by atoms with Gasteiger partial charge in [-0.25, -0.2) is 0 Å². The summed E-state index contributed by atoms with van der Waals surface area (Å²) in [7, 11) is -2.42. The molecule has 2 rings (SSSR count). The summed E-state index contributed by atoms with van der Waals surface area (Å²) in [6.45, 7) is 0. The predicted molar refractivity (Wildman–Crippen MR) is 52.5 cm³/mol. The van der Waals surface area contributed by atoms with Crippen LogP contribution in [0.5, 0.6) is 0 Å². The maximum absolute atomic E-state index is 11.3. The average molecular weight is 211 g/mol. The van der Waals surface area contributed by atoms with E-state index in [1.165, 1.54) is 6.07 Å². The molecule has 0 N–H and O–H groups in total. The summed E-state index contributed by atoms with van der Waals surface area (Å²) in [4.78, 5) is 4.27. The van der Waals surface area contributed by atoms with Crippen LogP contribution in [0.2, 0.25) is 0 Å². The predicted octanol–water partition coefficient (Wildman–Crippen LogP) is 1.28. The van der Waals surface area contributed by atoms with Gasteiger partial charge >= 0.3 is 0 Å². The Bertz CT molecular complexity index is 491. The average Bonchev–Trinajstić information content (AvgIpc) is 2.64. The largest absolute Gasteiger partial charge is 0.296 e. The van der Waals surface area contributed by atoms with Crippen molar-refractivity contribution in [1.29, 1.82) is 0 Å². The highest BCUT2D eigenvalue weighted by atomic mass is 32.2. The summed E-state index contributed by atoms with van der Waals surface area (Å²) in [5.41, 5.74) is 1.75. The van der Waals surface area contributed by atoms with E-state index in [1.807, 2.05) is 0 Å². The van der Waals surface area contributed by atoms with Gasteiger partial charge < -0.3 is 0 Å². The normalized spacial score (nSPS) is 14.4. The number of rotatable bonds is 2. The van der Waals surface area contributed by atoms with E-state index in [1.54, 1.807) is 18.3 Å². The highest BCUT2D eigenvalue weighted by Gasteiger charge is 2.16. The van der Waals surface area contributed by atoms with Crippen molar-refractivity contribution in [3.63, 3.8) is 0 Å². The Labute approximate surface area is 82.4 Å². The molecule has 0 saturated heterocycles. The summed E-state index contributed by atoms with van der Waals surface area (Å²) in [6, 6.07) is 4.78. The van der Waals surface area contributed by atoms with Crippen LogP contribution in [0.15, 0.2) is 28.1 Å². The molecule has 0 saturated carbocycles. The van der Waals surface area contributed by atoms with E-state index in [0.717, 1.165) is 18.4 Å². The Hall–Kier alpha value is -1.20. The van der Waals surface area contributed by atoms with E-state index >= 15 is 0 Å². The molecule has 0 spiro atoms. The third kappa shape index (κ3) is 1.44. The molecule has 0 bridgehead atoms. The summed E-state index contributed by atoms with van der Waals surface area (Å²) in [6.07, 6.45) is 2.44. The molecule has 0 atom stereocenters. The van der Waals surface area contributed by atoms with Gasteiger partial charge in [0.05, 0.1) is 17.7 Å². The van der Waals surface area contributed by atoms with Crippen molar-refractivity contribution in [1.82, 2.24) is 0 Å². The van der Waals surface area contributed by atoms with Gasteiger partial charge in [0.15, 0.2) is 0 Å². The van der Waals surface area contributed by atoms with Crippen molar-refractivity contribution in [3.05, 3.63) is 23.8 Å². The van der Waals surface area contributed by atoms with Gasteiger partial charge in [-0.3, -0.25) is 9.18 Å². The van der Waals surface area contributed by atoms with E-state index in [9.17, 15) is 8.42 Å². The zero-order valence-electron chi connectivity index (χ0n) is 7.60. The molecule has 4 nitrogen and oxygen atoms in total. The molecule has 1 aromatic carbocycles. The number of aliphatic imine (C=N–C) groups is 1. The topological polar surface area (TPSA) is 55.7 Å². The molecule has 74 valence electrons. The van der Waals surface area contributed by atoms with Crippen molar-refractivity contribution >= 4 is 22.0 Å². The van der Waals surface area contributed by atoms with Gasteiger partial charge in [0.1, 0.15) is 0 Å². The highest BCUT2D eigenvalue weighted by molar-refractivity contribution is 7.86. The maximum atomic E-state index is 11.3. The van der Waals surface area contributed by atoms with Crippen molar-refractivity contribution in [2.75, 3.05) is 7.11 Å². The number of hydrogen-bond donors (Lipinski definition) is 0. The number of nitrogens with zero attached hydrogens (tertiary/aromatic N) is 1. The van der Waals surface area contributed by atoms with E-state index < -0.39 is 10.1 Å². The fraction of sp³-hybridized carbons (Fsp3) is 0.222. The van der Waals surface area contributed by atoms with Crippen LogP contribution in [-0.4, -0.2) is 21.7 Å². The van der Waals surface area contributed by atoms with Crippen molar-refractivity contribution in [2.45, 2.75) is 11.3 Å². The van der Waals surface area contributed by atoms with Crippen LogP contribution >= 0.6 is 0 Å². The minimum atomic E-state index is -3.58. The van der Waals surface area contributed by atoms with Crippen LogP contribution in [0.3, 0.4) is 0 Å². The molecule has 0 fully saturated rings. The molecule has 5 heteroatoms. The number of hydrogen-bond acceptors (Lipinski definition) is 4. The minimum Gasteiger partial charge on any atom is -0.270 e. The SMILES string of the molecule is COS(=O)(=O)c1ccc2c(c1)CC=N2. The monoisotopic (exact) mass is 211 g/mol. The van der Waals surface area contributed by atoms with Gasteiger partial charge in [0, 0.05) is 12.6 Å². The number of fused-ring (bicyclic) bond motifs is 1. The van der Waals surface area contributed by atoms with Crippen molar-refractivity contribution in [2.24, 2.45) is 4.99 Å². The smallest absolute Gasteiger partial charge is 0.270 e. The Kier molecular flexibility index (Phi) is 2.13. The third-order valence-corrected chi connectivity index (χ3v) is 3.37. The molecular formula is C9H9NO3S. The fourth-order valence-corrected chi connectivity index (χ4v) is 2.06. The highest BCUT2D eigenvalue weighted by Crippen LogP contribution is 2.26. The molecule has 1 aliphatic heterocycles. The van der Waals surface area contributed by atoms with Gasteiger partial charge in [-0.05, 0) is 23.8 Å². The molecule has 0 unspecified atom stereocenters. The van der Waals surface area contributed by atoms with E-state index in [4.69, 9.17) is 0 Å². The molecule has 0 aliphatic carbocycles. The summed E-state index contributed by atoms with van der Waals surface area (Å²) >= 11 is 0. The van der Waals surface area contributed by atoms with Crippen LogP contribution in [0.25, 0.3) is 0 Å². The fourth-order valence-electron chi connectivity index (χ4n) is 1.35. The molecule has 1 aromatic rings. The Morgan fingerprint density at radius 2 is 2.21 bits per heavy atom. The lowest BCUT2D eigenvalue weighted by Crippen LogP contribution is -2.02. The Balaban J connectivity index is 2.50. The van der Waals surface area contributed by atoms with Crippen LogP contribution in [0, 0.1) is 0 Å².